The average Bonchev–Trinajstić information content (AvgIpc) is 2.28. The first-order valence-corrected chi connectivity index (χ1v) is 6.71. The lowest BCUT2D eigenvalue weighted by atomic mass is 10.0. The van der Waals surface area contributed by atoms with Crippen LogP contribution in [0.4, 0.5) is 5.69 Å². The van der Waals surface area contributed by atoms with Crippen molar-refractivity contribution in [1.82, 2.24) is 0 Å². The highest BCUT2D eigenvalue weighted by Crippen LogP contribution is 2.27. The molecule has 0 bridgehead atoms. The topological polar surface area (TPSA) is 44.5 Å². The summed E-state index contributed by atoms with van der Waals surface area (Å²) < 4.78 is 11.9. The van der Waals surface area contributed by atoms with E-state index in [2.05, 4.69) is 20.8 Å². The van der Waals surface area contributed by atoms with Gasteiger partial charge in [0.2, 0.25) is 0 Å². The third-order valence-electron chi connectivity index (χ3n) is 3.46. The maximum Gasteiger partial charge on any atom is 0.0800 e. The van der Waals surface area contributed by atoms with Gasteiger partial charge in [-0.25, -0.2) is 0 Å². The SMILES string of the molecule is CC1CC(OC(C)c2ccc(N)cc2)CC(C)O1. The number of rotatable bonds is 3. The molecule has 0 saturated carbocycles. The number of hydrogen-bond donors (Lipinski definition) is 1. The first-order valence-electron chi connectivity index (χ1n) is 6.71. The third-order valence-corrected chi connectivity index (χ3v) is 3.46. The molecular formula is C15H23NO2. The van der Waals surface area contributed by atoms with Gasteiger partial charge in [0.1, 0.15) is 0 Å². The first-order chi connectivity index (χ1) is 8.54. The van der Waals surface area contributed by atoms with Gasteiger partial charge in [-0.3, -0.25) is 0 Å². The van der Waals surface area contributed by atoms with Gasteiger partial charge in [-0.1, -0.05) is 12.1 Å². The van der Waals surface area contributed by atoms with Crippen LogP contribution < -0.4 is 5.73 Å². The summed E-state index contributed by atoms with van der Waals surface area (Å²) in [6.07, 6.45) is 2.92. The number of nitrogen functional groups attached to an aromatic ring is 1. The lowest BCUT2D eigenvalue weighted by Gasteiger charge is -2.33. The predicted octanol–water partition coefficient (Wildman–Crippen LogP) is 3.30. The fourth-order valence-corrected chi connectivity index (χ4v) is 2.59. The van der Waals surface area contributed by atoms with E-state index < -0.39 is 0 Å². The second-order valence-electron chi connectivity index (χ2n) is 5.30. The van der Waals surface area contributed by atoms with E-state index >= 15 is 0 Å². The van der Waals surface area contributed by atoms with Gasteiger partial charge in [-0.05, 0) is 51.3 Å². The van der Waals surface area contributed by atoms with Crippen LogP contribution in [0.1, 0.15) is 45.3 Å². The quantitative estimate of drug-likeness (QED) is 0.836. The van der Waals surface area contributed by atoms with E-state index in [1.807, 2.05) is 24.3 Å². The zero-order valence-electron chi connectivity index (χ0n) is 11.4. The fourth-order valence-electron chi connectivity index (χ4n) is 2.59. The molecule has 1 aromatic carbocycles. The molecule has 2 N–H and O–H groups in total. The van der Waals surface area contributed by atoms with Gasteiger partial charge < -0.3 is 15.2 Å². The monoisotopic (exact) mass is 249 g/mol. The molecule has 3 atom stereocenters. The van der Waals surface area contributed by atoms with Gasteiger partial charge in [0.25, 0.3) is 0 Å². The second-order valence-corrected chi connectivity index (χ2v) is 5.30. The summed E-state index contributed by atoms with van der Waals surface area (Å²) in [4.78, 5) is 0. The first kappa shape index (κ1) is 13.4. The molecule has 1 fully saturated rings. The number of anilines is 1. The normalized spacial score (nSPS) is 30.1. The summed E-state index contributed by atoms with van der Waals surface area (Å²) in [7, 11) is 0. The molecule has 1 heterocycles. The van der Waals surface area contributed by atoms with Crippen molar-refractivity contribution in [3.05, 3.63) is 29.8 Å². The van der Waals surface area contributed by atoms with Crippen molar-refractivity contribution in [2.45, 2.75) is 58.0 Å². The molecule has 3 heteroatoms. The van der Waals surface area contributed by atoms with Crippen LogP contribution in [0.5, 0.6) is 0 Å². The van der Waals surface area contributed by atoms with Crippen LogP contribution in [0.25, 0.3) is 0 Å². The molecule has 0 aromatic heterocycles. The summed E-state index contributed by atoms with van der Waals surface area (Å²) in [6.45, 7) is 6.32. The van der Waals surface area contributed by atoms with Crippen LogP contribution in [-0.2, 0) is 9.47 Å². The van der Waals surface area contributed by atoms with Crippen molar-refractivity contribution in [1.29, 1.82) is 0 Å². The Balaban J connectivity index is 1.94. The molecule has 1 aliphatic rings. The minimum absolute atomic E-state index is 0.105. The standard InChI is InChI=1S/C15H23NO2/c1-10-8-15(9-11(2)17-10)18-12(3)13-4-6-14(16)7-5-13/h4-7,10-12,15H,8-9,16H2,1-3H3. The Kier molecular flexibility index (Phi) is 4.25. The molecule has 1 aromatic rings. The Morgan fingerprint density at radius 2 is 1.72 bits per heavy atom. The highest BCUT2D eigenvalue weighted by molar-refractivity contribution is 5.39. The number of hydrogen-bond acceptors (Lipinski definition) is 3. The van der Waals surface area contributed by atoms with E-state index in [1.54, 1.807) is 0 Å². The van der Waals surface area contributed by atoms with E-state index in [1.165, 1.54) is 5.56 Å². The van der Waals surface area contributed by atoms with E-state index in [9.17, 15) is 0 Å². The minimum Gasteiger partial charge on any atom is -0.399 e. The van der Waals surface area contributed by atoms with Crippen molar-refractivity contribution in [2.75, 3.05) is 5.73 Å². The molecule has 0 amide bonds. The van der Waals surface area contributed by atoms with Crippen LogP contribution in [0.15, 0.2) is 24.3 Å². The summed E-state index contributed by atoms with van der Waals surface area (Å²) in [5.41, 5.74) is 7.66. The maximum absolute atomic E-state index is 6.14. The zero-order chi connectivity index (χ0) is 13.1. The summed E-state index contributed by atoms with van der Waals surface area (Å²) >= 11 is 0. The number of benzene rings is 1. The number of ether oxygens (including phenoxy) is 2. The van der Waals surface area contributed by atoms with Crippen molar-refractivity contribution in [3.63, 3.8) is 0 Å². The Morgan fingerprint density at radius 3 is 2.28 bits per heavy atom. The van der Waals surface area contributed by atoms with Crippen molar-refractivity contribution >= 4 is 5.69 Å². The van der Waals surface area contributed by atoms with Gasteiger partial charge >= 0.3 is 0 Å². The Hall–Kier alpha value is -1.06. The van der Waals surface area contributed by atoms with Gasteiger partial charge in [0.05, 0.1) is 24.4 Å². The van der Waals surface area contributed by atoms with Crippen LogP contribution >= 0.6 is 0 Å². The Bertz CT molecular complexity index is 367. The highest BCUT2D eigenvalue weighted by Gasteiger charge is 2.26. The molecule has 3 nitrogen and oxygen atoms in total. The van der Waals surface area contributed by atoms with Gasteiger partial charge in [-0.15, -0.1) is 0 Å². The summed E-state index contributed by atoms with van der Waals surface area (Å²) in [6, 6.07) is 7.91. The molecule has 1 aliphatic heterocycles. The number of nitrogens with two attached hydrogens (primary N) is 1. The van der Waals surface area contributed by atoms with E-state index in [-0.39, 0.29) is 24.4 Å². The molecule has 3 unspecified atom stereocenters. The Morgan fingerprint density at radius 1 is 1.17 bits per heavy atom. The van der Waals surface area contributed by atoms with E-state index in [4.69, 9.17) is 15.2 Å². The van der Waals surface area contributed by atoms with Crippen molar-refractivity contribution in [3.8, 4) is 0 Å². The fraction of sp³-hybridized carbons (Fsp3) is 0.600. The van der Waals surface area contributed by atoms with Gasteiger partial charge in [0.15, 0.2) is 0 Å². The largest absolute Gasteiger partial charge is 0.399 e. The predicted molar refractivity (Wildman–Crippen MR) is 73.4 cm³/mol. The summed E-state index contributed by atoms with van der Waals surface area (Å²) in [5, 5.41) is 0. The smallest absolute Gasteiger partial charge is 0.0800 e. The van der Waals surface area contributed by atoms with Crippen LogP contribution in [0.2, 0.25) is 0 Å². The van der Waals surface area contributed by atoms with Gasteiger partial charge in [0, 0.05) is 5.69 Å². The molecular weight excluding hydrogens is 226 g/mol. The molecule has 0 aliphatic carbocycles. The molecule has 2 rings (SSSR count). The van der Waals surface area contributed by atoms with E-state index in [0.29, 0.717) is 0 Å². The van der Waals surface area contributed by atoms with Crippen molar-refractivity contribution < 1.29 is 9.47 Å². The third kappa shape index (κ3) is 3.47. The van der Waals surface area contributed by atoms with E-state index in [0.717, 1.165) is 18.5 Å². The minimum atomic E-state index is 0.105. The molecule has 18 heavy (non-hydrogen) atoms. The lowest BCUT2D eigenvalue weighted by Crippen LogP contribution is -2.34. The Labute approximate surface area is 109 Å². The summed E-state index contributed by atoms with van der Waals surface area (Å²) in [5.74, 6) is 0. The lowest BCUT2D eigenvalue weighted by molar-refractivity contribution is -0.119. The molecule has 100 valence electrons. The molecule has 0 spiro atoms. The molecule has 1 saturated heterocycles. The average molecular weight is 249 g/mol. The zero-order valence-corrected chi connectivity index (χ0v) is 11.4. The van der Waals surface area contributed by atoms with Gasteiger partial charge in [-0.2, -0.15) is 0 Å². The van der Waals surface area contributed by atoms with Crippen LogP contribution in [0, 0.1) is 0 Å². The van der Waals surface area contributed by atoms with Crippen LogP contribution in [-0.4, -0.2) is 18.3 Å². The second kappa shape index (κ2) is 5.72. The maximum atomic E-state index is 6.14. The molecule has 0 radical (unpaired) electrons. The van der Waals surface area contributed by atoms with Crippen molar-refractivity contribution in [2.24, 2.45) is 0 Å². The highest BCUT2D eigenvalue weighted by atomic mass is 16.5. The van der Waals surface area contributed by atoms with Crippen LogP contribution in [0.3, 0.4) is 0 Å².